The van der Waals surface area contributed by atoms with E-state index in [9.17, 15) is 8.42 Å². The van der Waals surface area contributed by atoms with Crippen LogP contribution in [0.1, 0.15) is 17.5 Å². The highest BCUT2D eigenvalue weighted by atomic mass is 32.2. The topological polar surface area (TPSA) is 59.5 Å². The molecule has 1 heterocycles. The Hall–Kier alpha value is -2.02. The molecule has 6 heteroatoms. The first-order chi connectivity index (χ1) is 11.6. The Morgan fingerprint density at radius 3 is 2.50 bits per heavy atom. The minimum atomic E-state index is -3.52. The molecule has 0 aliphatic rings. The van der Waals surface area contributed by atoms with Gasteiger partial charge in [0.05, 0.1) is 0 Å². The van der Waals surface area contributed by atoms with Gasteiger partial charge in [0.15, 0.2) is 0 Å². The molecule has 1 aromatic carbocycles. The Labute approximate surface area is 143 Å². The highest BCUT2D eigenvalue weighted by Crippen LogP contribution is 2.13. The maximum Gasteiger partial charge on any atom is 0.236 e. The summed E-state index contributed by atoms with van der Waals surface area (Å²) in [5.74, 6) is 0. The molecule has 24 heavy (non-hydrogen) atoms. The van der Waals surface area contributed by atoms with E-state index in [0.717, 1.165) is 11.1 Å². The third kappa shape index (κ3) is 5.88. The molecule has 1 aromatic heterocycles. The molecule has 5 nitrogen and oxygen atoms in total. The Morgan fingerprint density at radius 2 is 1.83 bits per heavy atom. The van der Waals surface area contributed by atoms with E-state index in [2.05, 4.69) is 4.98 Å². The predicted molar refractivity (Wildman–Crippen MR) is 95.5 cm³/mol. The van der Waals surface area contributed by atoms with Crippen LogP contribution in [0.2, 0.25) is 0 Å². The Morgan fingerprint density at radius 1 is 1.12 bits per heavy atom. The van der Waals surface area contributed by atoms with E-state index in [4.69, 9.17) is 4.74 Å². The van der Waals surface area contributed by atoms with Gasteiger partial charge in [-0.2, -0.15) is 4.31 Å². The van der Waals surface area contributed by atoms with Crippen LogP contribution in [-0.4, -0.2) is 38.0 Å². The van der Waals surface area contributed by atoms with E-state index in [1.54, 1.807) is 25.6 Å². The molecular formula is C18H22N2O3S. The highest BCUT2D eigenvalue weighted by molar-refractivity contribution is 7.92. The van der Waals surface area contributed by atoms with Crippen molar-refractivity contribution in [1.29, 1.82) is 0 Å². The van der Waals surface area contributed by atoms with E-state index in [0.29, 0.717) is 26.1 Å². The fourth-order valence-corrected chi connectivity index (χ4v) is 3.40. The highest BCUT2D eigenvalue weighted by Gasteiger charge is 2.19. The SMILES string of the molecule is COCCCN(Cc1ccncc1)S(=O)(=O)/C=C/c1ccccc1. The number of nitrogens with zero attached hydrogens (tertiary/aromatic N) is 2. The quantitative estimate of drug-likeness (QED) is 0.655. The van der Waals surface area contributed by atoms with Gasteiger partial charge < -0.3 is 4.74 Å². The van der Waals surface area contributed by atoms with Crippen LogP contribution in [-0.2, 0) is 21.3 Å². The van der Waals surface area contributed by atoms with Crippen LogP contribution >= 0.6 is 0 Å². The first-order valence-corrected chi connectivity index (χ1v) is 9.23. The molecule has 0 radical (unpaired) electrons. The van der Waals surface area contributed by atoms with Crippen molar-refractivity contribution in [2.45, 2.75) is 13.0 Å². The number of rotatable bonds is 9. The third-order valence-electron chi connectivity index (χ3n) is 3.46. The number of ether oxygens (including phenoxy) is 1. The number of methoxy groups -OCH3 is 1. The van der Waals surface area contributed by atoms with Gasteiger partial charge in [0.1, 0.15) is 0 Å². The maximum atomic E-state index is 12.7. The zero-order chi connectivity index (χ0) is 17.3. The molecule has 128 valence electrons. The van der Waals surface area contributed by atoms with E-state index < -0.39 is 10.0 Å². The lowest BCUT2D eigenvalue weighted by Crippen LogP contribution is -2.30. The van der Waals surface area contributed by atoms with Crippen LogP contribution in [0.25, 0.3) is 6.08 Å². The second-order valence-electron chi connectivity index (χ2n) is 5.29. The number of hydrogen-bond acceptors (Lipinski definition) is 4. The fourth-order valence-electron chi connectivity index (χ4n) is 2.19. The molecule has 0 aliphatic heterocycles. The largest absolute Gasteiger partial charge is 0.385 e. The number of benzene rings is 1. The lowest BCUT2D eigenvalue weighted by Gasteiger charge is -2.20. The summed E-state index contributed by atoms with van der Waals surface area (Å²) in [6.07, 6.45) is 5.58. The minimum absolute atomic E-state index is 0.313. The Kier molecular flexibility index (Phi) is 7.11. The molecule has 0 atom stereocenters. The van der Waals surface area contributed by atoms with Crippen molar-refractivity contribution in [3.05, 3.63) is 71.4 Å². The third-order valence-corrected chi connectivity index (χ3v) is 4.97. The first-order valence-electron chi connectivity index (χ1n) is 7.73. The van der Waals surface area contributed by atoms with Crippen molar-refractivity contribution in [2.75, 3.05) is 20.3 Å². The lowest BCUT2D eigenvalue weighted by atomic mass is 10.2. The van der Waals surface area contributed by atoms with Crippen LogP contribution in [0, 0.1) is 0 Å². The van der Waals surface area contributed by atoms with Gasteiger partial charge in [0.25, 0.3) is 0 Å². The van der Waals surface area contributed by atoms with Gasteiger partial charge in [-0.15, -0.1) is 0 Å². The van der Waals surface area contributed by atoms with E-state index >= 15 is 0 Å². The zero-order valence-electron chi connectivity index (χ0n) is 13.7. The van der Waals surface area contributed by atoms with Crippen LogP contribution in [0.5, 0.6) is 0 Å². The molecule has 0 fully saturated rings. The van der Waals surface area contributed by atoms with Crippen molar-refractivity contribution in [2.24, 2.45) is 0 Å². The average Bonchev–Trinajstić information content (AvgIpc) is 2.61. The van der Waals surface area contributed by atoms with E-state index in [1.165, 1.54) is 9.71 Å². The molecule has 0 aliphatic carbocycles. The van der Waals surface area contributed by atoms with Crippen molar-refractivity contribution in [3.63, 3.8) is 0 Å². The molecular weight excluding hydrogens is 324 g/mol. The van der Waals surface area contributed by atoms with E-state index in [1.807, 2.05) is 42.5 Å². The van der Waals surface area contributed by atoms with Gasteiger partial charge in [0, 0.05) is 44.6 Å². The molecule has 0 saturated carbocycles. The van der Waals surface area contributed by atoms with Crippen molar-refractivity contribution in [1.82, 2.24) is 9.29 Å². The van der Waals surface area contributed by atoms with Crippen LogP contribution in [0.15, 0.2) is 60.3 Å². The smallest absolute Gasteiger partial charge is 0.236 e. The fraction of sp³-hybridized carbons (Fsp3) is 0.278. The first kappa shape index (κ1) is 18.3. The summed E-state index contributed by atoms with van der Waals surface area (Å²) in [4.78, 5) is 3.96. The number of pyridine rings is 1. The lowest BCUT2D eigenvalue weighted by molar-refractivity contribution is 0.187. The molecule has 2 rings (SSSR count). The standard InChI is InChI=1S/C18H22N2O3S/c1-23-14-5-13-20(16-18-8-11-19-12-9-18)24(21,22)15-10-17-6-3-2-4-7-17/h2-4,6-12,15H,5,13-14,16H2,1H3/b15-10+. The molecule has 0 spiro atoms. The van der Waals surface area contributed by atoms with Gasteiger partial charge in [0.2, 0.25) is 10.0 Å². The summed E-state index contributed by atoms with van der Waals surface area (Å²) in [7, 11) is -1.91. The van der Waals surface area contributed by atoms with Crippen LogP contribution in [0.3, 0.4) is 0 Å². The van der Waals surface area contributed by atoms with Crippen LogP contribution < -0.4 is 0 Å². The summed E-state index contributed by atoms with van der Waals surface area (Å²) in [5.41, 5.74) is 1.75. The van der Waals surface area contributed by atoms with Gasteiger partial charge in [-0.25, -0.2) is 8.42 Å². The maximum absolute atomic E-state index is 12.7. The van der Waals surface area contributed by atoms with Gasteiger partial charge in [-0.1, -0.05) is 30.3 Å². The van der Waals surface area contributed by atoms with Gasteiger partial charge in [-0.05, 0) is 35.8 Å². The van der Waals surface area contributed by atoms with Crippen molar-refractivity contribution in [3.8, 4) is 0 Å². The zero-order valence-corrected chi connectivity index (χ0v) is 14.5. The second-order valence-corrected chi connectivity index (χ2v) is 7.11. The summed E-state index contributed by atoms with van der Waals surface area (Å²) in [6.45, 7) is 1.23. The summed E-state index contributed by atoms with van der Waals surface area (Å²) in [5, 5.41) is 1.26. The number of hydrogen-bond donors (Lipinski definition) is 0. The number of aromatic nitrogens is 1. The van der Waals surface area contributed by atoms with Crippen LogP contribution in [0.4, 0.5) is 0 Å². The molecule has 2 aromatic rings. The predicted octanol–water partition coefficient (Wildman–Crippen LogP) is 2.92. The molecule has 0 bridgehead atoms. The Balaban J connectivity index is 2.15. The molecule has 0 unspecified atom stereocenters. The van der Waals surface area contributed by atoms with E-state index in [-0.39, 0.29) is 0 Å². The minimum Gasteiger partial charge on any atom is -0.385 e. The average molecular weight is 346 g/mol. The summed E-state index contributed by atoms with van der Waals surface area (Å²) >= 11 is 0. The van der Waals surface area contributed by atoms with Gasteiger partial charge in [-0.3, -0.25) is 4.98 Å². The van der Waals surface area contributed by atoms with Crippen molar-refractivity contribution < 1.29 is 13.2 Å². The molecule has 0 amide bonds. The normalized spacial score (nSPS) is 12.1. The monoisotopic (exact) mass is 346 g/mol. The molecule has 0 N–H and O–H groups in total. The Bertz CT molecular complexity index is 731. The molecule has 0 saturated heterocycles. The van der Waals surface area contributed by atoms with Gasteiger partial charge >= 0.3 is 0 Å². The van der Waals surface area contributed by atoms with Crippen molar-refractivity contribution >= 4 is 16.1 Å². The summed E-state index contributed by atoms with van der Waals surface area (Å²) < 4.78 is 31.9. The summed E-state index contributed by atoms with van der Waals surface area (Å²) in [6, 6.07) is 13.0. The number of sulfonamides is 1. The second kappa shape index (κ2) is 9.32.